The first kappa shape index (κ1) is 19.8. The lowest BCUT2D eigenvalue weighted by atomic mass is 10.1. The first-order valence-electron chi connectivity index (χ1n) is 9.31. The van der Waals surface area contributed by atoms with Crippen LogP contribution in [0, 0.1) is 16.0 Å². The van der Waals surface area contributed by atoms with Crippen molar-refractivity contribution in [3.05, 3.63) is 58.9 Å². The van der Waals surface area contributed by atoms with Crippen molar-refractivity contribution in [1.29, 1.82) is 0 Å². The zero-order valence-corrected chi connectivity index (χ0v) is 16.5. The maximum absolute atomic E-state index is 13.0. The molecule has 30 heavy (non-hydrogen) atoms. The number of nitrogens with one attached hydrogen (secondary N) is 1. The molecule has 4 rings (SSSR count). The van der Waals surface area contributed by atoms with Gasteiger partial charge in [0.1, 0.15) is 6.20 Å². The number of fused-ring (bicyclic) bond motifs is 1. The van der Waals surface area contributed by atoms with Crippen LogP contribution in [0.2, 0.25) is 0 Å². The van der Waals surface area contributed by atoms with Gasteiger partial charge < -0.3 is 4.84 Å². The highest BCUT2D eigenvalue weighted by molar-refractivity contribution is 7.90. The molecule has 1 saturated carbocycles. The Labute approximate surface area is 171 Å². The van der Waals surface area contributed by atoms with Crippen molar-refractivity contribution in [2.75, 3.05) is 5.48 Å². The van der Waals surface area contributed by atoms with Gasteiger partial charge in [0.15, 0.2) is 11.3 Å². The summed E-state index contributed by atoms with van der Waals surface area (Å²) in [5, 5.41) is 11.6. The minimum Gasteiger partial charge on any atom is -0.343 e. The second kappa shape index (κ2) is 7.75. The number of anilines is 1. The number of nitro groups is 1. The number of nitrogens with zero attached hydrogens (tertiary/aromatic N) is 3. The van der Waals surface area contributed by atoms with Gasteiger partial charge in [-0.25, -0.2) is 27.6 Å². The van der Waals surface area contributed by atoms with E-state index in [-0.39, 0.29) is 27.5 Å². The molecule has 0 radical (unpaired) electrons. The zero-order valence-electron chi connectivity index (χ0n) is 15.7. The van der Waals surface area contributed by atoms with E-state index in [1.807, 2.05) is 0 Å². The largest absolute Gasteiger partial charge is 0.343 e. The lowest BCUT2D eigenvalue weighted by molar-refractivity contribution is -0.384. The van der Waals surface area contributed by atoms with E-state index in [2.05, 4.69) is 10.5 Å². The Morgan fingerprint density at radius 1 is 1.20 bits per heavy atom. The molecule has 11 heteroatoms. The van der Waals surface area contributed by atoms with Crippen LogP contribution in [0.5, 0.6) is 0 Å². The molecule has 0 aliphatic heterocycles. The Bertz CT molecular complexity index is 1220. The van der Waals surface area contributed by atoms with Crippen LogP contribution in [0.4, 0.5) is 11.4 Å². The minimum atomic E-state index is -3.97. The van der Waals surface area contributed by atoms with Crippen molar-refractivity contribution in [2.24, 2.45) is 5.92 Å². The van der Waals surface area contributed by atoms with Crippen LogP contribution in [0.25, 0.3) is 11.0 Å². The first-order chi connectivity index (χ1) is 14.4. The maximum Gasteiger partial charge on any atom is 0.335 e. The Balaban J connectivity index is 1.74. The monoisotopic (exact) mass is 430 g/mol. The van der Waals surface area contributed by atoms with Gasteiger partial charge in [-0.15, -0.1) is 0 Å². The third-order valence-electron chi connectivity index (χ3n) is 5.10. The number of pyridine rings is 1. The van der Waals surface area contributed by atoms with E-state index in [0.29, 0.717) is 12.8 Å². The summed E-state index contributed by atoms with van der Waals surface area (Å²) in [6, 6.07) is 9.12. The second-order valence-corrected chi connectivity index (χ2v) is 8.76. The highest BCUT2D eigenvalue weighted by Gasteiger charge is 2.28. The average Bonchev–Trinajstić information content (AvgIpc) is 3.42. The average molecular weight is 430 g/mol. The summed E-state index contributed by atoms with van der Waals surface area (Å²) in [4.78, 5) is 32.1. The number of carbonyl (C=O) groups is 1. The molecule has 0 saturated heterocycles. The molecule has 1 aliphatic carbocycles. The van der Waals surface area contributed by atoms with Crippen molar-refractivity contribution in [3.63, 3.8) is 0 Å². The third-order valence-corrected chi connectivity index (χ3v) is 6.78. The van der Waals surface area contributed by atoms with Crippen molar-refractivity contribution in [2.45, 2.75) is 30.6 Å². The number of hydrogen-bond donors (Lipinski definition) is 1. The van der Waals surface area contributed by atoms with Gasteiger partial charge in [-0.1, -0.05) is 31.0 Å². The molecule has 10 nitrogen and oxygen atoms in total. The van der Waals surface area contributed by atoms with E-state index >= 15 is 0 Å². The lowest BCUT2D eigenvalue weighted by Crippen LogP contribution is -2.19. The summed E-state index contributed by atoms with van der Waals surface area (Å²) >= 11 is 0. The van der Waals surface area contributed by atoms with Gasteiger partial charge >= 0.3 is 11.7 Å². The molecule has 1 N–H and O–H groups in total. The molecular formula is C19H18N4O6S. The molecule has 0 amide bonds. The molecule has 0 bridgehead atoms. The molecule has 156 valence electrons. The Morgan fingerprint density at radius 3 is 2.57 bits per heavy atom. The first-order valence-corrected chi connectivity index (χ1v) is 10.8. The van der Waals surface area contributed by atoms with Crippen LogP contribution in [-0.2, 0) is 19.7 Å². The van der Waals surface area contributed by atoms with E-state index in [4.69, 9.17) is 4.84 Å². The Kier molecular flexibility index (Phi) is 5.12. The number of rotatable bonds is 6. The molecule has 1 aliphatic rings. The fraction of sp³-hybridized carbons (Fsp3) is 0.263. The lowest BCUT2D eigenvalue weighted by Gasteiger charge is -2.12. The van der Waals surface area contributed by atoms with Crippen molar-refractivity contribution >= 4 is 38.4 Å². The maximum atomic E-state index is 13.0. The van der Waals surface area contributed by atoms with Crippen LogP contribution in [0.3, 0.4) is 0 Å². The highest BCUT2D eigenvalue weighted by atomic mass is 32.2. The van der Waals surface area contributed by atoms with Crippen molar-refractivity contribution in [3.8, 4) is 0 Å². The predicted molar refractivity (Wildman–Crippen MR) is 107 cm³/mol. The van der Waals surface area contributed by atoms with E-state index < -0.39 is 26.6 Å². The topological polar surface area (TPSA) is 133 Å². The molecule has 3 aromatic rings. The van der Waals surface area contributed by atoms with Crippen LogP contribution in [0.1, 0.15) is 25.7 Å². The molecule has 0 spiro atoms. The summed E-state index contributed by atoms with van der Waals surface area (Å²) < 4.78 is 26.9. The van der Waals surface area contributed by atoms with Crippen molar-refractivity contribution in [1.82, 2.24) is 8.96 Å². The standard InChI is InChI=1S/C19H18N4O6S/c24-19(13-6-4-5-7-13)29-21-17-15-10-11-22(18(15)20-12-16(17)23(25)26)30(27,28)14-8-2-1-3-9-14/h1-3,8-13H,4-7H2,(H,20,21). The van der Waals surface area contributed by atoms with E-state index in [0.717, 1.165) is 23.0 Å². The Morgan fingerprint density at radius 2 is 1.90 bits per heavy atom. The summed E-state index contributed by atoms with van der Waals surface area (Å²) in [5.74, 6) is -0.750. The van der Waals surface area contributed by atoms with Gasteiger partial charge in [0.05, 0.1) is 21.1 Å². The van der Waals surface area contributed by atoms with Gasteiger partial charge in [0.25, 0.3) is 10.0 Å². The molecule has 0 atom stereocenters. The van der Waals surface area contributed by atoms with Gasteiger partial charge in [-0.3, -0.25) is 10.1 Å². The number of carbonyl (C=O) groups excluding carboxylic acids is 1. The van der Waals surface area contributed by atoms with E-state index in [1.165, 1.54) is 24.4 Å². The second-order valence-electron chi connectivity index (χ2n) is 6.95. The summed E-state index contributed by atoms with van der Waals surface area (Å²) in [6.07, 6.45) is 5.47. The molecular weight excluding hydrogens is 412 g/mol. The smallest absolute Gasteiger partial charge is 0.335 e. The molecule has 0 unspecified atom stereocenters. The normalized spacial score (nSPS) is 14.7. The van der Waals surface area contributed by atoms with Crippen molar-refractivity contribution < 1.29 is 23.0 Å². The minimum absolute atomic E-state index is 0.0242. The van der Waals surface area contributed by atoms with E-state index in [1.54, 1.807) is 18.2 Å². The zero-order chi connectivity index (χ0) is 21.3. The highest BCUT2D eigenvalue weighted by Crippen LogP contribution is 2.34. The molecule has 2 heterocycles. The number of hydrogen-bond acceptors (Lipinski definition) is 8. The van der Waals surface area contributed by atoms with Gasteiger partial charge in [0.2, 0.25) is 0 Å². The van der Waals surface area contributed by atoms with Crippen LogP contribution < -0.4 is 5.48 Å². The molecule has 1 fully saturated rings. The third kappa shape index (κ3) is 3.47. The van der Waals surface area contributed by atoms with Gasteiger partial charge in [0, 0.05) is 6.20 Å². The SMILES string of the molecule is O=C(ONc1c([N+](=O)[O-])cnc2c1ccn2S(=O)(=O)c1ccccc1)C1CCCC1. The number of aromatic nitrogens is 2. The fourth-order valence-corrected chi connectivity index (χ4v) is 4.87. The van der Waals surface area contributed by atoms with Gasteiger partial charge in [-0.2, -0.15) is 0 Å². The molecule has 1 aromatic carbocycles. The fourth-order valence-electron chi connectivity index (χ4n) is 3.54. The van der Waals surface area contributed by atoms with E-state index in [9.17, 15) is 23.3 Å². The molecule has 2 aromatic heterocycles. The predicted octanol–water partition coefficient (Wildman–Crippen LogP) is 3.24. The number of benzene rings is 1. The van der Waals surface area contributed by atoms with Crippen LogP contribution in [0.15, 0.2) is 53.7 Å². The quantitative estimate of drug-likeness (QED) is 0.465. The summed E-state index contributed by atoms with van der Waals surface area (Å²) in [5.41, 5.74) is 1.80. The summed E-state index contributed by atoms with van der Waals surface area (Å²) in [6.45, 7) is 0. The Hall–Kier alpha value is -3.47. The van der Waals surface area contributed by atoms with Crippen LogP contribution >= 0.6 is 0 Å². The van der Waals surface area contributed by atoms with Crippen LogP contribution in [-0.4, -0.2) is 28.3 Å². The summed E-state index contributed by atoms with van der Waals surface area (Å²) in [7, 11) is -3.97. The van der Waals surface area contributed by atoms with Gasteiger partial charge in [-0.05, 0) is 31.0 Å².